The van der Waals surface area contributed by atoms with Crippen LogP contribution < -0.4 is 21.3 Å². The summed E-state index contributed by atoms with van der Waals surface area (Å²) in [5.41, 5.74) is 2.34. The first-order chi connectivity index (χ1) is 16.5. The fraction of sp³-hybridized carbons (Fsp3) is 0.462. The Hall–Kier alpha value is -2.78. The molecular formula is C26H36N4O4. The number of fused-ring (bicyclic) bond motifs is 2. The fourth-order valence-corrected chi connectivity index (χ4v) is 4.01. The smallest absolute Gasteiger partial charge is 0.196 e. The van der Waals surface area contributed by atoms with Gasteiger partial charge in [0.1, 0.15) is 0 Å². The molecule has 2 unspecified atom stereocenters. The van der Waals surface area contributed by atoms with Gasteiger partial charge < -0.3 is 31.5 Å². The molecule has 0 fully saturated rings. The number of aliphatic hydroxyl groups is 2. The predicted molar refractivity (Wildman–Crippen MR) is 135 cm³/mol. The standard InChI is InChI=1S/C26H36N4O4/c1-3-11-27-13-17(31)15-29-21-9-10-22(30-16-18(32)14-28-12-4-2)24-23(21)25(33)19-7-5-6-8-20(19)26(24)34/h5-10,17-18,27-32H,3-4,11-16H2,1-2H3. The lowest BCUT2D eigenvalue weighted by Crippen LogP contribution is -2.34. The molecule has 0 heterocycles. The SMILES string of the molecule is CCCNCC(O)CNc1ccc(NCC(O)CNCCC)c2c1C(=O)c1ccccc1C2=O. The highest BCUT2D eigenvalue weighted by molar-refractivity contribution is 6.31. The Morgan fingerprint density at radius 1 is 0.676 bits per heavy atom. The Bertz CT molecular complexity index is 917. The van der Waals surface area contributed by atoms with Crippen LogP contribution in [0.5, 0.6) is 0 Å². The molecule has 8 heteroatoms. The fourth-order valence-electron chi connectivity index (χ4n) is 4.01. The summed E-state index contributed by atoms with van der Waals surface area (Å²) in [6.07, 6.45) is 0.656. The summed E-state index contributed by atoms with van der Waals surface area (Å²) < 4.78 is 0. The summed E-state index contributed by atoms with van der Waals surface area (Å²) in [6, 6.07) is 10.3. The molecule has 34 heavy (non-hydrogen) atoms. The van der Waals surface area contributed by atoms with Gasteiger partial charge in [0.25, 0.3) is 0 Å². The summed E-state index contributed by atoms with van der Waals surface area (Å²) in [5.74, 6) is -0.472. The van der Waals surface area contributed by atoms with Crippen molar-refractivity contribution >= 4 is 22.9 Å². The second-order valence-electron chi connectivity index (χ2n) is 8.59. The molecule has 0 bridgehead atoms. The predicted octanol–water partition coefficient (Wildman–Crippen LogP) is 2.01. The highest BCUT2D eigenvalue weighted by atomic mass is 16.3. The van der Waals surface area contributed by atoms with Crippen LogP contribution in [-0.2, 0) is 0 Å². The van der Waals surface area contributed by atoms with Crippen molar-refractivity contribution in [2.45, 2.75) is 38.9 Å². The molecule has 6 N–H and O–H groups in total. The molecular weight excluding hydrogens is 432 g/mol. The molecule has 2 aromatic rings. The Labute approximate surface area is 201 Å². The molecule has 0 saturated heterocycles. The molecule has 2 aromatic carbocycles. The van der Waals surface area contributed by atoms with Crippen molar-refractivity contribution in [2.24, 2.45) is 0 Å². The van der Waals surface area contributed by atoms with Crippen LogP contribution in [0.4, 0.5) is 11.4 Å². The van der Waals surface area contributed by atoms with Gasteiger partial charge in [-0.05, 0) is 38.1 Å². The third-order valence-electron chi connectivity index (χ3n) is 5.75. The van der Waals surface area contributed by atoms with Crippen molar-refractivity contribution in [3.63, 3.8) is 0 Å². The maximum Gasteiger partial charge on any atom is 0.196 e. The summed E-state index contributed by atoms with van der Waals surface area (Å²) in [5, 5.41) is 33.2. The van der Waals surface area contributed by atoms with E-state index in [1.165, 1.54) is 0 Å². The lowest BCUT2D eigenvalue weighted by atomic mass is 9.82. The lowest BCUT2D eigenvalue weighted by molar-refractivity contribution is 0.0980. The van der Waals surface area contributed by atoms with Crippen LogP contribution in [0.3, 0.4) is 0 Å². The van der Waals surface area contributed by atoms with Crippen molar-refractivity contribution in [3.05, 3.63) is 58.7 Å². The summed E-state index contributed by atoms with van der Waals surface area (Å²) in [7, 11) is 0. The minimum Gasteiger partial charge on any atom is -0.390 e. The molecule has 1 aliphatic carbocycles. The molecule has 0 spiro atoms. The number of hydrogen-bond donors (Lipinski definition) is 6. The Morgan fingerprint density at radius 2 is 1.09 bits per heavy atom. The molecule has 1 aliphatic rings. The van der Waals surface area contributed by atoms with Crippen LogP contribution in [0.2, 0.25) is 0 Å². The van der Waals surface area contributed by atoms with Gasteiger partial charge in [-0.3, -0.25) is 9.59 Å². The monoisotopic (exact) mass is 468 g/mol. The number of carbonyl (C=O) groups is 2. The van der Waals surface area contributed by atoms with Gasteiger partial charge in [0.05, 0.1) is 23.3 Å². The Morgan fingerprint density at radius 3 is 1.47 bits per heavy atom. The van der Waals surface area contributed by atoms with Gasteiger partial charge in [-0.15, -0.1) is 0 Å². The molecule has 0 aromatic heterocycles. The zero-order chi connectivity index (χ0) is 24.5. The van der Waals surface area contributed by atoms with Gasteiger partial charge >= 0.3 is 0 Å². The van der Waals surface area contributed by atoms with E-state index in [4.69, 9.17) is 0 Å². The second-order valence-corrected chi connectivity index (χ2v) is 8.59. The third-order valence-corrected chi connectivity index (χ3v) is 5.75. The van der Waals surface area contributed by atoms with Gasteiger partial charge in [-0.25, -0.2) is 0 Å². The average molecular weight is 469 g/mol. The van der Waals surface area contributed by atoms with Crippen LogP contribution in [0.25, 0.3) is 0 Å². The normalized spacial score (nSPS) is 14.4. The Balaban J connectivity index is 1.85. The lowest BCUT2D eigenvalue weighted by Gasteiger charge is -2.25. The molecule has 0 amide bonds. The van der Waals surface area contributed by atoms with E-state index >= 15 is 0 Å². The topological polar surface area (TPSA) is 123 Å². The van der Waals surface area contributed by atoms with E-state index in [9.17, 15) is 19.8 Å². The average Bonchev–Trinajstić information content (AvgIpc) is 2.85. The van der Waals surface area contributed by atoms with Crippen molar-refractivity contribution < 1.29 is 19.8 Å². The third kappa shape index (κ3) is 6.21. The molecule has 3 rings (SSSR count). The van der Waals surface area contributed by atoms with E-state index in [-0.39, 0.29) is 24.7 Å². The summed E-state index contributed by atoms with van der Waals surface area (Å²) >= 11 is 0. The highest BCUT2D eigenvalue weighted by Crippen LogP contribution is 2.36. The van der Waals surface area contributed by atoms with E-state index in [0.29, 0.717) is 46.7 Å². The number of rotatable bonds is 14. The minimum atomic E-state index is -0.646. The maximum atomic E-state index is 13.4. The van der Waals surface area contributed by atoms with Crippen LogP contribution in [0, 0.1) is 0 Å². The van der Waals surface area contributed by atoms with Crippen molar-refractivity contribution in [1.82, 2.24) is 10.6 Å². The first kappa shape index (κ1) is 25.8. The van der Waals surface area contributed by atoms with Crippen LogP contribution in [0.15, 0.2) is 36.4 Å². The summed E-state index contributed by atoms with van der Waals surface area (Å²) in [6.45, 7) is 7.08. The van der Waals surface area contributed by atoms with E-state index in [1.54, 1.807) is 36.4 Å². The first-order valence-electron chi connectivity index (χ1n) is 12.1. The number of anilines is 2. The van der Waals surface area contributed by atoms with Gasteiger partial charge in [-0.2, -0.15) is 0 Å². The van der Waals surface area contributed by atoms with E-state index in [1.807, 2.05) is 0 Å². The van der Waals surface area contributed by atoms with Crippen LogP contribution >= 0.6 is 0 Å². The second kappa shape index (κ2) is 12.6. The van der Waals surface area contributed by atoms with E-state index in [0.717, 1.165) is 25.9 Å². The molecule has 2 atom stereocenters. The highest BCUT2D eigenvalue weighted by Gasteiger charge is 2.34. The number of benzene rings is 2. The zero-order valence-electron chi connectivity index (χ0n) is 20.0. The van der Waals surface area contributed by atoms with Crippen molar-refractivity contribution in [1.29, 1.82) is 0 Å². The van der Waals surface area contributed by atoms with Gasteiger partial charge in [0.2, 0.25) is 0 Å². The minimum absolute atomic E-state index is 0.236. The number of aliphatic hydroxyl groups excluding tert-OH is 2. The molecule has 0 saturated carbocycles. The maximum absolute atomic E-state index is 13.4. The van der Waals surface area contributed by atoms with Crippen molar-refractivity contribution in [2.75, 3.05) is 49.9 Å². The molecule has 184 valence electrons. The van der Waals surface area contributed by atoms with E-state index in [2.05, 4.69) is 35.1 Å². The van der Waals surface area contributed by atoms with Crippen molar-refractivity contribution in [3.8, 4) is 0 Å². The van der Waals surface area contributed by atoms with Crippen LogP contribution in [0.1, 0.15) is 58.5 Å². The molecule has 8 nitrogen and oxygen atoms in total. The number of hydrogen-bond acceptors (Lipinski definition) is 8. The first-order valence-corrected chi connectivity index (χ1v) is 12.1. The largest absolute Gasteiger partial charge is 0.390 e. The van der Waals surface area contributed by atoms with Crippen LogP contribution in [-0.4, -0.2) is 73.3 Å². The quantitative estimate of drug-likeness (QED) is 0.199. The summed E-state index contributed by atoms with van der Waals surface area (Å²) in [4.78, 5) is 26.9. The van der Waals surface area contributed by atoms with E-state index < -0.39 is 12.2 Å². The molecule has 0 radical (unpaired) electrons. The van der Waals surface area contributed by atoms with Gasteiger partial charge in [0.15, 0.2) is 11.6 Å². The zero-order valence-corrected chi connectivity index (χ0v) is 20.0. The number of nitrogens with one attached hydrogen (secondary N) is 4. The number of carbonyl (C=O) groups excluding carboxylic acids is 2. The Kier molecular flexibility index (Phi) is 9.59. The number of ketones is 2. The molecule has 0 aliphatic heterocycles. The van der Waals surface area contributed by atoms with Gasteiger partial charge in [-0.1, -0.05) is 38.1 Å². The van der Waals surface area contributed by atoms with Gasteiger partial charge in [0, 0.05) is 48.7 Å².